The molecule has 0 saturated carbocycles. The Kier molecular flexibility index (Phi) is 3.99. The van der Waals surface area contributed by atoms with E-state index in [-0.39, 0.29) is 0 Å². The lowest BCUT2D eigenvalue weighted by Gasteiger charge is -2.16. The van der Waals surface area contributed by atoms with Gasteiger partial charge >= 0.3 is 0 Å². The summed E-state index contributed by atoms with van der Waals surface area (Å²) in [4.78, 5) is 4.53. The average molecular weight is 303 g/mol. The highest BCUT2D eigenvalue weighted by molar-refractivity contribution is 8.06. The molecule has 6 heteroatoms. The summed E-state index contributed by atoms with van der Waals surface area (Å²) in [5.74, 6) is 4.69. The van der Waals surface area contributed by atoms with Gasteiger partial charge in [0.15, 0.2) is 5.82 Å². The van der Waals surface area contributed by atoms with Crippen LogP contribution < -0.4 is 0 Å². The van der Waals surface area contributed by atoms with E-state index >= 15 is 0 Å². The maximum absolute atomic E-state index is 8.89. The lowest BCUT2D eigenvalue weighted by molar-refractivity contribution is 0.423. The molecule has 0 amide bonds. The zero-order valence-corrected chi connectivity index (χ0v) is 12.6. The number of aryl methyl sites for hydroxylation is 1. The van der Waals surface area contributed by atoms with Crippen molar-refractivity contribution in [3.63, 3.8) is 0 Å². The van der Waals surface area contributed by atoms with Gasteiger partial charge in [-0.1, -0.05) is 5.16 Å². The molecule has 1 fully saturated rings. The predicted octanol–water partition coefficient (Wildman–Crippen LogP) is 3.44. The molecule has 1 aromatic carbocycles. The van der Waals surface area contributed by atoms with Crippen molar-refractivity contribution in [1.29, 1.82) is 5.26 Å². The van der Waals surface area contributed by atoms with E-state index in [0.29, 0.717) is 16.7 Å². The molecule has 0 radical (unpaired) electrons. The molecule has 4 nitrogen and oxygen atoms in total. The average Bonchev–Trinajstić information content (AvgIpc) is 2.97. The SMILES string of the molecule is Cc1cc(C#N)ccc1-c1nc(C2CSCCS2)no1. The number of hydrogen-bond donors (Lipinski definition) is 0. The highest BCUT2D eigenvalue weighted by Gasteiger charge is 2.22. The second-order valence-electron chi connectivity index (χ2n) is 4.53. The smallest absolute Gasteiger partial charge is 0.258 e. The molecule has 1 aromatic heterocycles. The van der Waals surface area contributed by atoms with Crippen LogP contribution in [-0.2, 0) is 0 Å². The van der Waals surface area contributed by atoms with Gasteiger partial charge in [-0.05, 0) is 30.7 Å². The predicted molar refractivity (Wildman–Crippen MR) is 81.7 cm³/mol. The van der Waals surface area contributed by atoms with Crippen LogP contribution in [0, 0.1) is 18.3 Å². The maximum atomic E-state index is 8.89. The molecule has 2 heterocycles. The first-order valence-electron chi connectivity index (χ1n) is 6.32. The van der Waals surface area contributed by atoms with Gasteiger partial charge in [-0.2, -0.15) is 22.0 Å². The second-order valence-corrected chi connectivity index (χ2v) is 6.99. The summed E-state index contributed by atoms with van der Waals surface area (Å²) in [6.07, 6.45) is 0. The summed E-state index contributed by atoms with van der Waals surface area (Å²) < 4.78 is 5.39. The van der Waals surface area contributed by atoms with Crippen LogP contribution >= 0.6 is 23.5 Å². The van der Waals surface area contributed by atoms with E-state index in [2.05, 4.69) is 16.2 Å². The molecule has 0 bridgehead atoms. The molecule has 0 N–H and O–H groups in total. The molecular weight excluding hydrogens is 290 g/mol. The summed E-state index contributed by atoms with van der Waals surface area (Å²) in [6, 6.07) is 7.61. The third-order valence-corrected chi connectivity index (χ3v) is 5.88. The normalized spacial score (nSPS) is 18.7. The minimum absolute atomic E-state index is 0.324. The zero-order chi connectivity index (χ0) is 13.9. The molecule has 3 rings (SSSR count). The van der Waals surface area contributed by atoms with Crippen molar-refractivity contribution in [2.45, 2.75) is 12.2 Å². The van der Waals surface area contributed by atoms with Crippen molar-refractivity contribution in [3.05, 3.63) is 35.2 Å². The van der Waals surface area contributed by atoms with Crippen LogP contribution in [-0.4, -0.2) is 27.4 Å². The lowest BCUT2D eigenvalue weighted by Crippen LogP contribution is -2.07. The Bertz CT molecular complexity index is 657. The largest absolute Gasteiger partial charge is 0.334 e. The number of rotatable bonds is 2. The van der Waals surface area contributed by atoms with Crippen molar-refractivity contribution >= 4 is 23.5 Å². The van der Waals surface area contributed by atoms with Gasteiger partial charge in [-0.3, -0.25) is 0 Å². The van der Waals surface area contributed by atoms with Gasteiger partial charge in [0, 0.05) is 22.8 Å². The van der Waals surface area contributed by atoms with Crippen LogP contribution in [0.4, 0.5) is 0 Å². The molecule has 20 heavy (non-hydrogen) atoms. The van der Waals surface area contributed by atoms with Gasteiger partial charge in [0.1, 0.15) is 0 Å². The summed E-state index contributed by atoms with van der Waals surface area (Å²) in [6.45, 7) is 1.95. The van der Waals surface area contributed by atoms with E-state index in [9.17, 15) is 0 Å². The fourth-order valence-electron chi connectivity index (χ4n) is 2.09. The van der Waals surface area contributed by atoms with Crippen molar-refractivity contribution in [3.8, 4) is 17.5 Å². The Morgan fingerprint density at radius 3 is 3.00 bits per heavy atom. The third-order valence-electron chi connectivity index (χ3n) is 3.13. The molecule has 0 spiro atoms. The molecule has 1 atom stereocenters. The summed E-state index contributed by atoms with van der Waals surface area (Å²) in [5.41, 5.74) is 2.52. The Morgan fingerprint density at radius 1 is 1.40 bits per heavy atom. The number of nitrogens with zero attached hydrogens (tertiary/aromatic N) is 3. The van der Waals surface area contributed by atoms with Gasteiger partial charge in [0.25, 0.3) is 5.89 Å². The maximum Gasteiger partial charge on any atom is 0.258 e. The molecule has 2 aromatic rings. The molecule has 1 unspecified atom stereocenters. The summed E-state index contributed by atoms with van der Waals surface area (Å²) >= 11 is 3.82. The first-order valence-corrected chi connectivity index (χ1v) is 8.52. The van der Waals surface area contributed by atoms with Gasteiger partial charge in [0.2, 0.25) is 0 Å². The fraction of sp³-hybridized carbons (Fsp3) is 0.357. The Hall–Kier alpha value is -1.45. The Balaban J connectivity index is 1.88. The second kappa shape index (κ2) is 5.90. The molecule has 102 valence electrons. The van der Waals surface area contributed by atoms with Crippen LogP contribution in [0.3, 0.4) is 0 Å². The molecule has 0 aliphatic carbocycles. The van der Waals surface area contributed by atoms with Crippen LogP contribution in [0.2, 0.25) is 0 Å². The topological polar surface area (TPSA) is 62.7 Å². The number of hydrogen-bond acceptors (Lipinski definition) is 6. The van der Waals surface area contributed by atoms with Crippen molar-refractivity contribution in [2.75, 3.05) is 17.3 Å². The quantitative estimate of drug-likeness (QED) is 0.847. The standard InChI is InChI=1S/C14H13N3OS2/c1-9-6-10(7-15)2-3-11(9)14-16-13(17-18-14)12-8-19-4-5-20-12/h2-3,6,12H,4-5,8H2,1H3. The van der Waals surface area contributed by atoms with E-state index in [1.807, 2.05) is 42.6 Å². The van der Waals surface area contributed by atoms with E-state index in [0.717, 1.165) is 28.5 Å². The Labute approximate surface area is 125 Å². The van der Waals surface area contributed by atoms with E-state index < -0.39 is 0 Å². The first-order chi connectivity index (χ1) is 9.78. The van der Waals surface area contributed by atoms with E-state index in [1.165, 1.54) is 5.75 Å². The van der Waals surface area contributed by atoms with Crippen molar-refractivity contribution in [1.82, 2.24) is 10.1 Å². The fourth-order valence-corrected chi connectivity index (χ4v) is 4.67. The van der Waals surface area contributed by atoms with E-state index in [1.54, 1.807) is 6.07 Å². The van der Waals surface area contributed by atoms with Crippen LogP contribution in [0.1, 0.15) is 22.2 Å². The highest BCUT2D eigenvalue weighted by atomic mass is 32.2. The van der Waals surface area contributed by atoms with E-state index in [4.69, 9.17) is 9.78 Å². The monoisotopic (exact) mass is 303 g/mol. The molecule has 1 saturated heterocycles. The van der Waals surface area contributed by atoms with Crippen LogP contribution in [0.5, 0.6) is 0 Å². The lowest BCUT2D eigenvalue weighted by atomic mass is 10.1. The number of thioether (sulfide) groups is 2. The van der Waals surface area contributed by atoms with Crippen molar-refractivity contribution < 1.29 is 4.52 Å². The minimum Gasteiger partial charge on any atom is -0.334 e. The zero-order valence-electron chi connectivity index (χ0n) is 11.0. The number of benzene rings is 1. The summed E-state index contributed by atoms with van der Waals surface area (Å²) in [5, 5.41) is 13.3. The van der Waals surface area contributed by atoms with Gasteiger partial charge in [-0.25, -0.2) is 0 Å². The van der Waals surface area contributed by atoms with Gasteiger partial charge < -0.3 is 4.52 Å². The highest BCUT2D eigenvalue weighted by Crippen LogP contribution is 2.36. The molecule has 1 aliphatic rings. The van der Waals surface area contributed by atoms with Crippen LogP contribution in [0.15, 0.2) is 22.7 Å². The summed E-state index contributed by atoms with van der Waals surface area (Å²) in [7, 11) is 0. The first kappa shape index (κ1) is 13.5. The molecular formula is C14H13N3OS2. The van der Waals surface area contributed by atoms with Gasteiger partial charge in [0.05, 0.1) is 16.9 Å². The van der Waals surface area contributed by atoms with Crippen LogP contribution in [0.25, 0.3) is 11.5 Å². The Morgan fingerprint density at radius 2 is 2.30 bits per heavy atom. The third kappa shape index (κ3) is 2.69. The molecule has 1 aliphatic heterocycles. The van der Waals surface area contributed by atoms with Gasteiger partial charge in [-0.15, -0.1) is 11.8 Å². The number of nitriles is 1. The number of aromatic nitrogens is 2. The van der Waals surface area contributed by atoms with Crippen molar-refractivity contribution in [2.24, 2.45) is 0 Å². The minimum atomic E-state index is 0.324.